The van der Waals surface area contributed by atoms with Gasteiger partial charge in [-0.3, -0.25) is 9.78 Å². The summed E-state index contributed by atoms with van der Waals surface area (Å²) in [5.74, 6) is -1.22. The molecular formula is C23H23FN2O3. The number of halogens is 1. The highest BCUT2D eigenvalue weighted by Gasteiger charge is 2.19. The predicted octanol–water partition coefficient (Wildman–Crippen LogP) is 3.76. The van der Waals surface area contributed by atoms with Crippen LogP contribution in [0.4, 0.5) is 4.39 Å². The SMILES string of the molecule is CCc1nc2ccccc2c(C(=O)OCC(=O)NCCc2ccc(F)cc2)c1C. The van der Waals surface area contributed by atoms with Crippen molar-refractivity contribution < 1.29 is 18.7 Å². The minimum atomic E-state index is -0.538. The first-order chi connectivity index (χ1) is 14.0. The van der Waals surface area contributed by atoms with E-state index in [9.17, 15) is 14.0 Å². The normalized spacial score (nSPS) is 10.7. The second-order valence-corrected chi connectivity index (χ2v) is 6.73. The molecule has 1 N–H and O–H groups in total. The number of fused-ring (bicyclic) bond motifs is 1. The molecule has 0 spiro atoms. The molecule has 2 aromatic carbocycles. The molecule has 0 saturated heterocycles. The van der Waals surface area contributed by atoms with E-state index < -0.39 is 5.97 Å². The largest absolute Gasteiger partial charge is 0.452 e. The van der Waals surface area contributed by atoms with E-state index in [-0.39, 0.29) is 18.3 Å². The molecule has 1 aromatic heterocycles. The average Bonchev–Trinajstić information content (AvgIpc) is 2.73. The molecule has 0 radical (unpaired) electrons. The standard InChI is InChI=1S/C23H23FN2O3/c1-3-19-15(2)22(18-6-4-5-7-20(18)26-19)23(28)29-14-21(27)25-13-12-16-8-10-17(24)11-9-16/h4-11H,3,12-14H2,1-2H3,(H,25,27). The second-order valence-electron chi connectivity index (χ2n) is 6.73. The van der Waals surface area contributed by atoms with Crippen molar-refractivity contribution in [1.29, 1.82) is 0 Å². The summed E-state index contributed by atoms with van der Waals surface area (Å²) in [6, 6.07) is 13.5. The van der Waals surface area contributed by atoms with Crippen molar-refractivity contribution in [3.63, 3.8) is 0 Å². The van der Waals surface area contributed by atoms with E-state index in [2.05, 4.69) is 10.3 Å². The van der Waals surface area contributed by atoms with E-state index in [0.717, 1.165) is 22.3 Å². The van der Waals surface area contributed by atoms with E-state index in [0.29, 0.717) is 30.3 Å². The van der Waals surface area contributed by atoms with Gasteiger partial charge >= 0.3 is 5.97 Å². The lowest BCUT2D eigenvalue weighted by molar-refractivity contribution is -0.124. The molecule has 1 heterocycles. The van der Waals surface area contributed by atoms with E-state index in [4.69, 9.17) is 4.74 Å². The summed E-state index contributed by atoms with van der Waals surface area (Å²) in [5, 5.41) is 3.42. The van der Waals surface area contributed by atoms with Gasteiger partial charge in [0.2, 0.25) is 0 Å². The Morgan fingerprint density at radius 3 is 2.55 bits per heavy atom. The maximum Gasteiger partial charge on any atom is 0.339 e. The number of carbonyl (C=O) groups excluding carboxylic acids is 2. The number of amides is 1. The lowest BCUT2D eigenvalue weighted by atomic mass is 10.0. The highest BCUT2D eigenvalue weighted by molar-refractivity contribution is 6.05. The molecule has 0 saturated carbocycles. The summed E-state index contributed by atoms with van der Waals surface area (Å²) in [6.07, 6.45) is 1.26. The van der Waals surface area contributed by atoms with Gasteiger partial charge in [-0.2, -0.15) is 0 Å². The van der Waals surface area contributed by atoms with Crippen LogP contribution in [0.25, 0.3) is 10.9 Å². The third-order valence-electron chi connectivity index (χ3n) is 4.76. The van der Waals surface area contributed by atoms with Crippen LogP contribution in [-0.2, 0) is 22.4 Å². The topological polar surface area (TPSA) is 68.3 Å². The molecule has 0 atom stereocenters. The Morgan fingerprint density at radius 1 is 1.10 bits per heavy atom. The average molecular weight is 394 g/mol. The van der Waals surface area contributed by atoms with Gasteiger partial charge in [0.15, 0.2) is 6.61 Å². The van der Waals surface area contributed by atoms with Crippen molar-refractivity contribution >= 4 is 22.8 Å². The number of aryl methyl sites for hydroxylation is 1. The second kappa shape index (κ2) is 9.28. The third-order valence-corrected chi connectivity index (χ3v) is 4.76. The number of hydrogen-bond acceptors (Lipinski definition) is 4. The van der Waals surface area contributed by atoms with Gasteiger partial charge in [0, 0.05) is 17.6 Å². The van der Waals surface area contributed by atoms with Crippen LogP contribution in [0.1, 0.15) is 34.1 Å². The number of nitrogens with zero attached hydrogens (tertiary/aromatic N) is 1. The Hall–Kier alpha value is -3.28. The number of nitrogens with one attached hydrogen (secondary N) is 1. The Bertz CT molecular complexity index is 1030. The Morgan fingerprint density at radius 2 is 1.83 bits per heavy atom. The van der Waals surface area contributed by atoms with Crippen molar-refractivity contribution in [1.82, 2.24) is 10.3 Å². The number of para-hydroxylation sites is 1. The fraction of sp³-hybridized carbons (Fsp3) is 0.261. The molecule has 0 bridgehead atoms. The monoisotopic (exact) mass is 394 g/mol. The predicted molar refractivity (Wildman–Crippen MR) is 109 cm³/mol. The molecule has 6 heteroatoms. The third kappa shape index (κ3) is 4.96. The first-order valence-corrected chi connectivity index (χ1v) is 9.56. The van der Waals surface area contributed by atoms with Gasteiger partial charge in [-0.15, -0.1) is 0 Å². The van der Waals surface area contributed by atoms with Crippen molar-refractivity contribution in [2.24, 2.45) is 0 Å². The quantitative estimate of drug-likeness (QED) is 0.620. The summed E-state index contributed by atoms with van der Waals surface area (Å²) >= 11 is 0. The summed E-state index contributed by atoms with van der Waals surface area (Å²) < 4.78 is 18.2. The van der Waals surface area contributed by atoms with Gasteiger partial charge in [0.05, 0.1) is 11.1 Å². The van der Waals surface area contributed by atoms with Crippen LogP contribution in [0.3, 0.4) is 0 Å². The minimum absolute atomic E-state index is 0.296. The van der Waals surface area contributed by atoms with Gasteiger partial charge in [-0.25, -0.2) is 9.18 Å². The van der Waals surface area contributed by atoms with E-state index in [1.54, 1.807) is 12.1 Å². The molecule has 150 valence electrons. The summed E-state index contributed by atoms with van der Waals surface area (Å²) in [5.41, 5.74) is 3.69. The van der Waals surface area contributed by atoms with Gasteiger partial charge < -0.3 is 10.1 Å². The highest BCUT2D eigenvalue weighted by atomic mass is 19.1. The van der Waals surface area contributed by atoms with Crippen LogP contribution >= 0.6 is 0 Å². The van der Waals surface area contributed by atoms with E-state index >= 15 is 0 Å². The smallest absolute Gasteiger partial charge is 0.339 e. The fourth-order valence-electron chi connectivity index (χ4n) is 3.22. The number of ether oxygens (including phenoxy) is 1. The Labute approximate surface area is 168 Å². The summed E-state index contributed by atoms with van der Waals surface area (Å²) in [7, 11) is 0. The molecule has 29 heavy (non-hydrogen) atoms. The number of benzene rings is 2. The van der Waals surface area contributed by atoms with Gasteiger partial charge in [-0.05, 0) is 49.1 Å². The number of hydrogen-bond donors (Lipinski definition) is 1. The molecule has 0 aliphatic rings. The molecule has 0 aliphatic heterocycles. The van der Waals surface area contributed by atoms with Crippen LogP contribution in [0, 0.1) is 12.7 Å². The molecule has 1 amide bonds. The Balaban J connectivity index is 1.61. The first kappa shape index (κ1) is 20.5. The molecule has 3 aromatic rings. The van der Waals surface area contributed by atoms with Gasteiger partial charge in [0.25, 0.3) is 5.91 Å². The highest BCUT2D eigenvalue weighted by Crippen LogP contribution is 2.24. The minimum Gasteiger partial charge on any atom is -0.452 e. The number of rotatable bonds is 7. The fourth-order valence-corrected chi connectivity index (χ4v) is 3.22. The first-order valence-electron chi connectivity index (χ1n) is 9.56. The molecule has 0 aliphatic carbocycles. The number of esters is 1. The molecule has 5 nitrogen and oxygen atoms in total. The molecule has 0 fully saturated rings. The zero-order valence-corrected chi connectivity index (χ0v) is 16.5. The summed E-state index contributed by atoms with van der Waals surface area (Å²) in [4.78, 5) is 29.3. The molecular weight excluding hydrogens is 371 g/mol. The van der Waals surface area contributed by atoms with Gasteiger partial charge in [0.1, 0.15) is 5.82 Å². The van der Waals surface area contributed by atoms with Crippen LogP contribution in [0.2, 0.25) is 0 Å². The Kier molecular flexibility index (Phi) is 6.54. The molecule has 3 rings (SSSR count). The number of pyridine rings is 1. The van der Waals surface area contributed by atoms with Crippen molar-refractivity contribution in [3.05, 3.63) is 76.7 Å². The van der Waals surface area contributed by atoms with Crippen LogP contribution < -0.4 is 5.32 Å². The van der Waals surface area contributed by atoms with E-state index in [1.807, 2.05) is 38.1 Å². The van der Waals surface area contributed by atoms with Crippen molar-refractivity contribution in [2.45, 2.75) is 26.7 Å². The maximum atomic E-state index is 12.9. The lowest BCUT2D eigenvalue weighted by Gasteiger charge is -2.13. The van der Waals surface area contributed by atoms with Crippen molar-refractivity contribution in [2.75, 3.05) is 13.2 Å². The zero-order valence-electron chi connectivity index (χ0n) is 16.5. The van der Waals surface area contributed by atoms with Crippen LogP contribution in [0.5, 0.6) is 0 Å². The van der Waals surface area contributed by atoms with Gasteiger partial charge in [-0.1, -0.05) is 37.3 Å². The number of carbonyl (C=O) groups is 2. The maximum absolute atomic E-state index is 12.9. The lowest BCUT2D eigenvalue weighted by Crippen LogP contribution is -2.30. The number of aromatic nitrogens is 1. The van der Waals surface area contributed by atoms with E-state index in [1.165, 1.54) is 12.1 Å². The molecule has 0 unspecified atom stereocenters. The summed E-state index contributed by atoms with van der Waals surface area (Å²) in [6.45, 7) is 3.84. The van der Waals surface area contributed by atoms with Crippen molar-refractivity contribution in [3.8, 4) is 0 Å². The van der Waals surface area contributed by atoms with Crippen LogP contribution in [0.15, 0.2) is 48.5 Å². The zero-order chi connectivity index (χ0) is 20.8. The van der Waals surface area contributed by atoms with Crippen LogP contribution in [-0.4, -0.2) is 30.0 Å².